The van der Waals surface area contributed by atoms with E-state index in [4.69, 9.17) is 4.74 Å². The molecule has 2 rings (SSSR count). The smallest absolute Gasteiger partial charge is 0.272 e. The Bertz CT molecular complexity index is 461. The summed E-state index contributed by atoms with van der Waals surface area (Å²) in [7, 11) is 1.70. The van der Waals surface area contributed by atoms with E-state index in [0.29, 0.717) is 11.7 Å². The Labute approximate surface area is 133 Å². The van der Waals surface area contributed by atoms with Gasteiger partial charge in [0.25, 0.3) is 5.91 Å². The lowest BCUT2D eigenvalue weighted by molar-refractivity contribution is 0.0602. The van der Waals surface area contributed by atoms with Crippen LogP contribution in [-0.4, -0.2) is 48.6 Å². The van der Waals surface area contributed by atoms with Gasteiger partial charge in [-0.05, 0) is 44.2 Å². The van der Waals surface area contributed by atoms with Crippen molar-refractivity contribution in [2.45, 2.75) is 45.1 Å². The van der Waals surface area contributed by atoms with Crippen molar-refractivity contribution in [3.63, 3.8) is 0 Å². The second-order valence-electron chi connectivity index (χ2n) is 5.76. The first-order valence-corrected chi connectivity index (χ1v) is 8.26. The SMILES string of the molecule is CCC1CCCCN1C(=O)c1ccc(NCCCOC)cn1. The quantitative estimate of drug-likeness (QED) is 0.787. The van der Waals surface area contributed by atoms with Gasteiger partial charge in [0.05, 0.1) is 11.9 Å². The Morgan fingerprint density at radius 1 is 1.45 bits per heavy atom. The van der Waals surface area contributed by atoms with Gasteiger partial charge in [-0.25, -0.2) is 4.98 Å². The molecular formula is C17H27N3O2. The van der Waals surface area contributed by atoms with Gasteiger partial charge in [0.2, 0.25) is 0 Å². The third kappa shape index (κ3) is 4.44. The third-order valence-electron chi connectivity index (χ3n) is 4.20. The number of anilines is 1. The van der Waals surface area contributed by atoms with Crippen LogP contribution in [0.1, 0.15) is 49.5 Å². The van der Waals surface area contributed by atoms with Crippen molar-refractivity contribution in [2.75, 3.05) is 32.1 Å². The number of carbonyl (C=O) groups is 1. The zero-order valence-corrected chi connectivity index (χ0v) is 13.7. The minimum atomic E-state index is 0.0671. The first-order valence-electron chi connectivity index (χ1n) is 8.26. The molecule has 0 spiro atoms. The summed E-state index contributed by atoms with van der Waals surface area (Å²) >= 11 is 0. The summed E-state index contributed by atoms with van der Waals surface area (Å²) in [5.41, 5.74) is 1.49. The Kier molecular flexibility index (Phi) is 6.65. The van der Waals surface area contributed by atoms with Gasteiger partial charge in [-0.2, -0.15) is 0 Å². The zero-order chi connectivity index (χ0) is 15.8. The van der Waals surface area contributed by atoms with Crippen LogP contribution in [0.2, 0.25) is 0 Å². The number of ether oxygens (including phenoxy) is 1. The number of methoxy groups -OCH3 is 1. The van der Waals surface area contributed by atoms with Crippen LogP contribution in [0.4, 0.5) is 5.69 Å². The number of amides is 1. The Balaban J connectivity index is 1.92. The maximum atomic E-state index is 12.6. The zero-order valence-electron chi connectivity index (χ0n) is 13.7. The maximum absolute atomic E-state index is 12.6. The standard InChI is InChI=1S/C17H27N3O2/c1-3-15-7-4-5-11-20(15)17(21)16-9-8-14(13-19-16)18-10-6-12-22-2/h8-9,13,15,18H,3-7,10-12H2,1-2H3. The monoisotopic (exact) mass is 305 g/mol. The summed E-state index contributed by atoms with van der Waals surface area (Å²) in [6.45, 7) is 4.59. The van der Waals surface area contributed by atoms with Crippen molar-refractivity contribution in [2.24, 2.45) is 0 Å². The average molecular weight is 305 g/mol. The van der Waals surface area contributed by atoms with Gasteiger partial charge in [-0.15, -0.1) is 0 Å². The molecule has 2 heterocycles. The lowest BCUT2D eigenvalue weighted by atomic mass is 9.99. The minimum absolute atomic E-state index is 0.0671. The number of likely N-dealkylation sites (tertiary alicyclic amines) is 1. The summed E-state index contributed by atoms with van der Waals surface area (Å²) in [6, 6.07) is 4.12. The fourth-order valence-corrected chi connectivity index (χ4v) is 2.91. The molecule has 1 saturated heterocycles. The van der Waals surface area contributed by atoms with Crippen LogP contribution in [-0.2, 0) is 4.74 Å². The molecule has 1 aromatic heterocycles. The molecule has 1 atom stereocenters. The van der Waals surface area contributed by atoms with Crippen LogP contribution < -0.4 is 5.32 Å². The summed E-state index contributed by atoms with van der Waals surface area (Å²) in [6.07, 6.45) is 7.14. The average Bonchev–Trinajstić information content (AvgIpc) is 2.58. The largest absolute Gasteiger partial charge is 0.385 e. The molecule has 1 aliphatic rings. The highest BCUT2D eigenvalue weighted by Gasteiger charge is 2.26. The second kappa shape index (κ2) is 8.73. The highest BCUT2D eigenvalue weighted by Crippen LogP contribution is 2.21. The first-order chi connectivity index (χ1) is 10.8. The number of hydrogen-bond donors (Lipinski definition) is 1. The van der Waals surface area contributed by atoms with Crippen LogP contribution in [0.25, 0.3) is 0 Å². The van der Waals surface area contributed by atoms with E-state index in [1.165, 1.54) is 6.42 Å². The minimum Gasteiger partial charge on any atom is -0.385 e. The van der Waals surface area contributed by atoms with Crippen LogP contribution in [0.3, 0.4) is 0 Å². The van der Waals surface area contributed by atoms with Crippen LogP contribution in [0, 0.1) is 0 Å². The third-order valence-corrected chi connectivity index (χ3v) is 4.20. The lowest BCUT2D eigenvalue weighted by Crippen LogP contribution is -2.43. The van der Waals surface area contributed by atoms with E-state index < -0.39 is 0 Å². The summed E-state index contributed by atoms with van der Waals surface area (Å²) < 4.78 is 5.01. The van der Waals surface area contributed by atoms with E-state index in [1.807, 2.05) is 17.0 Å². The Morgan fingerprint density at radius 2 is 2.32 bits per heavy atom. The van der Waals surface area contributed by atoms with E-state index in [1.54, 1.807) is 13.3 Å². The fraction of sp³-hybridized carbons (Fsp3) is 0.647. The van der Waals surface area contributed by atoms with Crippen LogP contribution in [0.15, 0.2) is 18.3 Å². The van der Waals surface area contributed by atoms with Gasteiger partial charge in [0.15, 0.2) is 0 Å². The highest BCUT2D eigenvalue weighted by molar-refractivity contribution is 5.92. The molecule has 0 aliphatic carbocycles. The topological polar surface area (TPSA) is 54.5 Å². The number of nitrogens with zero attached hydrogens (tertiary/aromatic N) is 2. The molecule has 1 unspecified atom stereocenters. The summed E-state index contributed by atoms with van der Waals surface area (Å²) in [4.78, 5) is 18.9. The number of carbonyl (C=O) groups excluding carboxylic acids is 1. The Hall–Kier alpha value is -1.62. The normalized spacial score (nSPS) is 18.3. The van der Waals surface area contributed by atoms with Crippen molar-refractivity contribution < 1.29 is 9.53 Å². The molecule has 122 valence electrons. The van der Waals surface area contributed by atoms with Crippen molar-refractivity contribution in [1.82, 2.24) is 9.88 Å². The van der Waals surface area contributed by atoms with E-state index in [2.05, 4.69) is 17.2 Å². The highest BCUT2D eigenvalue weighted by atomic mass is 16.5. The van der Waals surface area contributed by atoms with E-state index in [0.717, 1.165) is 51.1 Å². The van der Waals surface area contributed by atoms with Gasteiger partial charge in [0.1, 0.15) is 5.69 Å². The number of pyridine rings is 1. The van der Waals surface area contributed by atoms with E-state index in [9.17, 15) is 4.79 Å². The fourth-order valence-electron chi connectivity index (χ4n) is 2.91. The molecule has 0 saturated carbocycles. The lowest BCUT2D eigenvalue weighted by Gasteiger charge is -2.35. The van der Waals surface area contributed by atoms with Crippen molar-refractivity contribution in [3.8, 4) is 0 Å². The molecule has 0 aromatic carbocycles. The predicted octanol–water partition coefficient (Wildman–Crippen LogP) is 2.93. The van der Waals surface area contributed by atoms with Gasteiger partial charge in [-0.3, -0.25) is 4.79 Å². The van der Waals surface area contributed by atoms with Crippen molar-refractivity contribution in [1.29, 1.82) is 0 Å². The van der Waals surface area contributed by atoms with Crippen LogP contribution in [0.5, 0.6) is 0 Å². The van der Waals surface area contributed by atoms with Crippen molar-refractivity contribution in [3.05, 3.63) is 24.0 Å². The molecule has 5 heteroatoms. The first kappa shape index (κ1) is 16.7. The molecule has 1 aromatic rings. The van der Waals surface area contributed by atoms with E-state index >= 15 is 0 Å². The number of nitrogens with one attached hydrogen (secondary N) is 1. The molecule has 5 nitrogen and oxygen atoms in total. The van der Waals surface area contributed by atoms with Gasteiger partial charge >= 0.3 is 0 Å². The molecule has 1 fully saturated rings. The Morgan fingerprint density at radius 3 is 3.00 bits per heavy atom. The number of rotatable bonds is 7. The predicted molar refractivity (Wildman–Crippen MR) is 88.2 cm³/mol. The van der Waals surface area contributed by atoms with Gasteiger partial charge in [-0.1, -0.05) is 6.92 Å². The second-order valence-corrected chi connectivity index (χ2v) is 5.76. The van der Waals surface area contributed by atoms with Gasteiger partial charge in [0, 0.05) is 32.8 Å². The molecule has 22 heavy (non-hydrogen) atoms. The number of piperidine rings is 1. The molecule has 1 N–H and O–H groups in total. The van der Waals surface area contributed by atoms with Crippen LogP contribution >= 0.6 is 0 Å². The molecule has 0 bridgehead atoms. The molecular weight excluding hydrogens is 278 g/mol. The maximum Gasteiger partial charge on any atom is 0.272 e. The molecule has 1 aliphatic heterocycles. The number of aromatic nitrogens is 1. The molecule has 1 amide bonds. The summed E-state index contributed by atoms with van der Waals surface area (Å²) in [5.74, 6) is 0.0671. The summed E-state index contributed by atoms with van der Waals surface area (Å²) in [5, 5.41) is 3.28. The van der Waals surface area contributed by atoms with E-state index in [-0.39, 0.29) is 5.91 Å². The van der Waals surface area contributed by atoms with Crippen molar-refractivity contribution >= 4 is 11.6 Å². The molecule has 0 radical (unpaired) electrons. The van der Waals surface area contributed by atoms with Gasteiger partial charge < -0.3 is 15.0 Å². The number of hydrogen-bond acceptors (Lipinski definition) is 4.